The number of thiophene rings is 2. The van der Waals surface area contributed by atoms with Crippen LogP contribution in [0.3, 0.4) is 0 Å². The second-order valence-corrected chi connectivity index (χ2v) is 22.2. The molecule has 0 spiro atoms. The van der Waals surface area contributed by atoms with E-state index < -0.39 is 0 Å². The van der Waals surface area contributed by atoms with Crippen molar-refractivity contribution in [3.8, 4) is 30.9 Å². The zero-order valence-corrected chi connectivity index (χ0v) is 39.7. The van der Waals surface area contributed by atoms with E-state index in [9.17, 15) is 0 Å². The molecular formula is C62H48N2S2. The molecule has 0 saturated carbocycles. The van der Waals surface area contributed by atoms with Crippen molar-refractivity contribution in [2.75, 3.05) is 0 Å². The van der Waals surface area contributed by atoms with Crippen LogP contribution in [0, 0.1) is 0 Å². The van der Waals surface area contributed by atoms with E-state index in [0.29, 0.717) is 0 Å². The number of benzene rings is 9. The summed E-state index contributed by atoms with van der Waals surface area (Å²) in [6.07, 6.45) is 0. The topological polar surface area (TPSA) is 9.86 Å². The maximum absolute atomic E-state index is 2.52. The van der Waals surface area contributed by atoms with Crippen LogP contribution in [0.5, 0.6) is 0 Å². The number of para-hydroxylation sites is 2. The number of fused-ring (bicyclic) bond motifs is 12. The summed E-state index contributed by atoms with van der Waals surface area (Å²) in [5.41, 5.74) is 10.2. The fraction of sp³-hybridized carbons (Fsp3) is 0.129. The van der Waals surface area contributed by atoms with Crippen LogP contribution in [-0.2, 0) is 10.8 Å². The van der Waals surface area contributed by atoms with Gasteiger partial charge < -0.3 is 9.13 Å². The van der Waals surface area contributed by atoms with Gasteiger partial charge in [-0.25, -0.2) is 0 Å². The van der Waals surface area contributed by atoms with E-state index in [0.717, 1.165) is 0 Å². The first kappa shape index (κ1) is 39.4. The highest BCUT2D eigenvalue weighted by Gasteiger charge is 2.26. The van der Waals surface area contributed by atoms with E-state index in [2.05, 4.69) is 233 Å². The molecule has 0 radical (unpaired) electrons. The lowest BCUT2D eigenvalue weighted by molar-refractivity contribution is 0.590. The average molecular weight is 885 g/mol. The Kier molecular flexibility index (Phi) is 8.51. The molecule has 2 nitrogen and oxygen atoms in total. The molecule has 4 heterocycles. The summed E-state index contributed by atoms with van der Waals surface area (Å²) in [4.78, 5) is 2.55. The molecule has 0 unspecified atom stereocenters. The van der Waals surface area contributed by atoms with Crippen LogP contribution in [0.4, 0.5) is 0 Å². The van der Waals surface area contributed by atoms with E-state index in [-0.39, 0.29) is 10.8 Å². The Morgan fingerprint density at radius 2 is 0.697 bits per heavy atom. The van der Waals surface area contributed by atoms with Crippen LogP contribution in [-0.4, -0.2) is 9.13 Å². The fourth-order valence-corrected chi connectivity index (χ4v) is 13.0. The van der Waals surface area contributed by atoms with Crippen molar-refractivity contribution in [1.29, 1.82) is 0 Å². The molecule has 0 aliphatic carbocycles. The Hall–Kier alpha value is -6.98. The highest BCUT2D eigenvalue weighted by atomic mass is 32.1. The molecule has 0 bridgehead atoms. The van der Waals surface area contributed by atoms with E-state index in [1.807, 2.05) is 22.7 Å². The number of hydrogen-bond acceptors (Lipinski definition) is 2. The SMILES string of the molecule is CC(C)(C)c1ccc2c(-c3ccc(-n4c5ccccc5c5ccc6ccccc6c54)s3)c3cc(C(C)(C)C)ccc3c(-c3ccc(-n4c5ccccc5c5ccc6ccccc6c54)s3)c2c1. The molecule has 9 aromatic carbocycles. The van der Waals surface area contributed by atoms with Crippen molar-refractivity contribution in [2.24, 2.45) is 0 Å². The number of rotatable bonds is 4. The molecule has 0 amide bonds. The van der Waals surface area contributed by atoms with Crippen molar-refractivity contribution < 1.29 is 0 Å². The van der Waals surface area contributed by atoms with Gasteiger partial charge in [0.25, 0.3) is 0 Å². The summed E-state index contributed by atoms with van der Waals surface area (Å²) in [7, 11) is 0. The van der Waals surface area contributed by atoms with E-state index >= 15 is 0 Å². The minimum Gasteiger partial charge on any atom is -0.300 e. The standard InChI is InChI=1S/C62H48N2S2/c1-61(2,3)39-25-29-45-49(35-39)57(53-31-33-55(65-53)63-51-21-13-11-19-43(51)47-27-23-37-15-7-9-17-41(37)59(47)63)46-30-26-40(62(4,5)6)36-50(46)58(45)54-32-34-56(66-54)64-52-22-14-12-20-44(52)48-28-24-38-16-8-10-18-42(38)60(48)64/h7-36H,1-6H3. The van der Waals surface area contributed by atoms with Crippen molar-refractivity contribution in [3.63, 3.8) is 0 Å². The van der Waals surface area contributed by atoms with Gasteiger partial charge in [-0.15, -0.1) is 22.7 Å². The lowest BCUT2D eigenvalue weighted by atomic mass is 9.81. The quantitative estimate of drug-likeness (QED) is 0.156. The Bertz CT molecular complexity index is 3870. The van der Waals surface area contributed by atoms with Crippen LogP contribution < -0.4 is 0 Å². The van der Waals surface area contributed by atoms with Gasteiger partial charge in [-0.05, 0) is 103 Å². The third-order valence-corrected chi connectivity index (χ3v) is 16.3. The average Bonchev–Trinajstić information content (AvgIpc) is 4.13. The summed E-state index contributed by atoms with van der Waals surface area (Å²) in [5.74, 6) is 0. The molecule has 0 atom stereocenters. The van der Waals surface area contributed by atoms with Crippen molar-refractivity contribution in [2.45, 2.75) is 52.4 Å². The highest BCUT2D eigenvalue weighted by Crippen LogP contribution is 2.51. The Morgan fingerprint density at radius 3 is 1.12 bits per heavy atom. The summed E-state index contributed by atoms with van der Waals surface area (Å²) >= 11 is 3.81. The smallest absolute Gasteiger partial charge is 0.101 e. The van der Waals surface area contributed by atoms with Gasteiger partial charge in [-0.3, -0.25) is 0 Å². The minimum atomic E-state index is -0.0310. The Labute approximate surface area is 392 Å². The van der Waals surface area contributed by atoms with Gasteiger partial charge in [0.05, 0.1) is 22.1 Å². The fourth-order valence-electron chi connectivity index (χ4n) is 10.8. The maximum atomic E-state index is 2.52. The maximum Gasteiger partial charge on any atom is 0.101 e. The van der Waals surface area contributed by atoms with Gasteiger partial charge in [0.1, 0.15) is 10.0 Å². The first-order valence-corrected chi connectivity index (χ1v) is 24.7. The molecule has 13 aromatic rings. The zero-order chi connectivity index (χ0) is 44.6. The molecule has 0 N–H and O–H groups in total. The van der Waals surface area contributed by atoms with Crippen molar-refractivity contribution in [3.05, 3.63) is 193 Å². The normalized spacial score (nSPS) is 12.7. The third kappa shape index (κ3) is 5.84. The van der Waals surface area contributed by atoms with E-state index in [1.165, 1.54) is 129 Å². The van der Waals surface area contributed by atoms with Gasteiger partial charge in [-0.2, -0.15) is 0 Å². The van der Waals surface area contributed by atoms with Gasteiger partial charge in [0.2, 0.25) is 0 Å². The second-order valence-electron chi connectivity index (χ2n) is 20.1. The van der Waals surface area contributed by atoms with Crippen LogP contribution in [0.15, 0.2) is 182 Å². The number of aromatic nitrogens is 2. The largest absolute Gasteiger partial charge is 0.300 e. The van der Waals surface area contributed by atoms with Crippen molar-refractivity contribution >= 4 is 109 Å². The molecule has 0 saturated heterocycles. The lowest BCUT2D eigenvalue weighted by Gasteiger charge is -2.24. The number of hydrogen-bond donors (Lipinski definition) is 0. The van der Waals surface area contributed by atoms with Gasteiger partial charge >= 0.3 is 0 Å². The molecule has 4 heteroatoms. The first-order valence-electron chi connectivity index (χ1n) is 23.1. The lowest BCUT2D eigenvalue weighted by Crippen LogP contribution is -2.11. The minimum absolute atomic E-state index is 0.0310. The Morgan fingerprint density at radius 1 is 0.318 bits per heavy atom. The third-order valence-electron chi connectivity index (χ3n) is 14.1. The van der Waals surface area contributed by atoms with Crippen LogP contribution >= 0.6 is 22.7 Å². The first-order chi connectivity index (χ1) is 32.0. The molecule has 0 fully saturated rings. The van der Waals surface area contributed by atoms with Gasteiger partial charge in [0.15, 0.2) is 0 Å². The molecular weight excluding hydrogens is 837 g/mol. The predicted molar refractivity (Wildman–Crippen MR) is 289 cm³/mol. The van der Waals surface area contributed by atoms with Gasteiger partial charge in [-0.1, -0.05) is 175 Å². The highest BCUT2D eigenvalue weighted by molar-refractivity contribution is 7.18. The van der Waals surface area contributed by atoms with Crippen molar-refractivity contribution in [1.82, 2.24) is 9.13 Å². The van der Waals surface area contributed by atoms with Crippen LogP contribution in [0.2, 0.25) is 0 Å². The molecule has 13 rings (SSSR count). The molecule has 4 aromatic heterocycles. The monoisotopic (exact) mass is 884 g/mol. The Balaban J connectivity index is 1.10. The van der Waals surface area contributed by atoms with E-state index in [4.69, 9.17) is 0 Å². The predicted octanol–water partition coefficient (Wildman–Crippen LogP) is 18.5. The van der Waals surface area contributed by atoms with Gasteiger partial charge in [0, 0.05) is 53.2 Å². The summed E-state index contributed by atoms with van der Waals surface area (Å²) in [6, 6.07) is 68.7. The summed E-state index contributed by atoms with van der Waals surface area (Å²) < 4.78 is 5.03. The van der Waals surface area contributed by atoms with E-state index in [1.54, 1.807) is 0 Å². The summed E-state index contributed by atoms with van der Waals surface area (Å²) in [6.45, 7) is 14.0. The molecule has 0 aliphatic rings. The molecule has 0 aliphatic heterocycles. The molecule has 318 valence electrons. The van der Waals surface area contributed by atoms with Crippen LogP contribution in [0.1, 0.15) is 52.7 Å². The second kappa shape index (κ2) is 14.3. The number of nitrogens with zero attached hydrogens (tertiary/aromatic N) is 2. The zero-order valence-electron chi connectivity index (χ0n) is 38.0. The molecule has 66 heavy (non-hydrogen) atoms. The summed E-state index contributed by atoms with van der Waals surface area (Å²) in [5, 5.41) is 17.8. The van der Waals surface area contributed by atoms with Crippen LogP contribution in [0.25, 0.3) is 118 Å².